The molecule has 0 aromatic carbocycles. The maximum absolute atomic E-state index is 12.0. The highest BCUT2D eigenvalue weighted by Crippen LogP contribution is 2.92. The summed E-state index contributed by atoms with van der Waals surface area (Å²) in [4.78, 5) is 6.34. The molecule has 4 aliphatic heterocycles. The summed E-state index contributed by atoms with van der Waals surface area (Å²) in [7, 11) is 0. The number of hydrogen-bond acceptors (Lipinski definition) is 6. The zero-order valence-electron chi connectivity index (χ0n) is 15.3. The van der Waals surface area contributed by atoms with Crippen molar-refractivity contribution in [2.24, 2.45) is 29.1 Å². The van der Waals surface area contributed by atoms with Gasteiger partial charge in [-0.2, -0.15) is 0 Å². The molecule has 9 rings (SSSR count). The van der Waals surface area contributed by atoms with Crippen molar-refractivity contribution in [1.29, 1.82) is 0 Å². The molecule has 7 heteroatoms. The minimum atomic E-state index is 0.0347. The van der Waals surface area contributed by atoms with Crippen LogP contribution in [0.5, 0.6) is 0 Å². The minimum Gasteiger partial charge on any atom is -0.359 e. The minimum absolute atomic E-state index is 0.0347. The normalized spacial score (nSPS) is 64.8. The van der Waals surface area contributed by atoms with Gasteiger partial charge in [0.25, 0.3) is 0 Å². The predicted octanol–water partition coefficient (Wildman–Crippen LogP) is 1.86. The summed E-state index contributed by atoms with van der Waals surface area (Å²) in [5.41, 5.74) is 2.86. The van der Waals surface area contributed by atoms with Crippen LogP contribution in [0.25, 0.3) is 0 Å². The molecular weight excluding hydrogens is 332 g/mol. The van der Waals surface area contributed by atoms with Gasteiger partial charge in [0.1, 0.15) is 0 Å². The first-order valence-corrected chi connectivity index (χ1v) is 10.4. The molecule has 5 heterocycles. The van der Waals surface area contributed by atoms with Crippen LogP contribution in [0.3, 0.4) is 0 Å². The zero-order valence-corrected chi connectivity index (χ0v) is 15.3. The Hall–Kier alpha value is -1.18. The van der Waals surface area contributed by atoms with Crippen molar-refractivity contribution >= 4 is 0 Å². The molecule has 8 aliphatic rings. The lowest BCUT2D eigenvalue weighted by atomic mass is 9.45. The van der Waals surface area contributed by atoms with Crippen LogP contribution in [0.15, 0.2) is 4.63 Å². The van der Waals surface area contributed by atoms with Gasteiger partial charge in [-0.3, -0.25) is 4.63 Å². The van der Waals surface area contributed by atoms with Gasteiger partial charge in [-0.1, -0.05) is 13.8 Å². The second-order valence-corrected chi connectivity index (χ2v) is 10.6. The number of hydroxylamine groups is 4. The van der Waals surface area contributed by atoms with Crippen molar-refractivity contribution in [3.8, 4) is 0 Å². The Kier molecular flexibility index (Phi) is 1.85. The second kappa shape index (κ2) is 3.47. The van der Waals surface area contributed by atoms with Gasteiger partial charge in [-0.25, -0.2) is 4.94 Å². The van der Waals surface area contributed by atoms with Crippen LogP contribution >= 0.6 is 0 Å². The summed E-state index contributed by atoms with van der Waals surface area (Å²) in [5.74, 6) is 2.80. The molecule has 7 nitrogen and oxygen atoms in total. The van der Waals surface area contributed by atoms with E-state index < -0.39 is 0 Å². The quantitative estimate of drug-likeness (QED) is 0.522. The maximum Gasteiger partial charge on any atom is 0.227 e. The lowest BCUT2D eigenvalue weighted by molar-refractivity contribution is -0.808. The molecule has 2 bridgehead atoms. The molecule has 3 unspecified atom stereocenters. The molecular formula is C19H24N4O3. The monoisotopic (exact) mass is 356 g/mol. The highest BCUT2D eigenvalue weighted by molar-refractivity contribution is 5.47. The summed E-state index contributed by atoms with van der Waals surface area (Å²) in [6.07, 6.45) is 8.47. The van der Waals surface area contributed by atoms with E-state index in [-0.39, 0.29) is 5.41 Å². The van der Waals surface area contributed by atoms with Gasteiger partial charge in [-0.05, 0) is 66.6 Å². The summed E-state index contributed by atoms with van der Waals surface area (Å²) >= 11 is 0. The summed E-state index contributed by atoms with van der Waals surface area (Å²) in [5, 5.41) is 20.8. The van der Waals surface area contributed by atoms with E-state index in [1.165, 1.54) is 32.1 Å². The zero-order chi connectivity index (χ0) is 17.3. The van der Waals surface area contributed by atoms with Crippen LogP contribution in [-0.4, -0.2) is 26.6 Å². The molecule has 4 aliphatic carbocycles. The van der Waals surface area contributed by atoms with Crippen LogP contribution in [0.2, 0.25) is 0 Å². The van der Waals surface area contributed by atoms with Gasteiger partial charge < -0.3 is 5.21 Å². The van der Waals surface area contributed by atoms with E-state index >= 15 is 0 Å². The van der Waals surface area contributed by atoms with E-state index in [1.807, 2.05) is 0 Å². The molecule has 0 radical (unpaired) electrons. The molecule has 0 amide bonds. The van der Waals surface area contributed by atoms with Crippen molar-refractivity contribution in [2.45, 2.75) is 75.5 Å². The van der Waals surface area contributed by atoms with Crippen LogP contribution in [-0.2, 0) is 16.8 Å². The Bertz CT molecular complexity index is 889. The van der Waals surface area contributed by atoms with Gasteiger partial charge in [0.15, 0.2) is 17.0 Å². The highest BCUT2D eigenvalue weighted by atomic mass is 17.0. The Morgan fingerprint density at radius 3 is 2.77 bits per heavy atom. The van der Waals surface area contributed by atoms with E-state index in [0.29, 0.717) is 33.5 Å². The molecule has 0 N–H and O–H groups in total. The molecule has 1 aromatic rings. The van der Waals surface area contributed by atoms with Crippen LogP contribution in [0.1, 0.15) is 63.8 Å². The Morgan fingerprint density at radius 2 is 1.96 bits per heavy atom. The fourth-order valence-electron chi connectivity index (χ4n) is 9.08. The summed E-state index contributed by atoms with van der Waals surface area (Å²) < 4.78 is 4.93. The number of aromatic nitrogens is 2. The van der Waals surface area contributed by atoms with Crippen LogP contribution < -0.4 is 4.90 Å². The van der Waals surface area contributed by atoms with Crippen molar-refractivity contribution in [3.05, 3.63) is 16.6 Å². The average Bonchev–Trinajstić information content (AvgIpc) is 3.03. The predicted molar refractivity (Wildman–Crippen MR) is 86.5 cm³/mol. The maximum atomic E-state index is 12.0. The number of fused-ring (bicyclic) bond motifs is 7. The van der Waals surface area contributed by atoms with E-state index in [4.69, 9.17) is 9.57 Å². The second-order valence-electron chi connectivity index (χ2n) is 10.6. The molecule has 26 heavy (non-hydrogen) atoms. The lowest BCUT2D eigenvalue weighted by Gasteiger charge is -2.59. The third kappa shape index (κ3) is 0.989. The number of nitrogens with zero attached hydrogens (tertiary/aromatic N) is 4. The van der Waals surface area contributed by atoms with Crippen LogP contribution in [0, 0.1) is 34.3 Å². The highest BCUT2D eigenvalue weighted by Gasteiger charge is 3.12. The van der Waals surface area contributed by atoms with Gasteiger partial charge in [0, 0.05) is 22.9 Å². The van der Waals surface area contributed by atoms with Gasteiger partial charge in [-0.15, -0.1) is 10.1 Å². The van der Waals surface area contributed by atoms with E-state index in [1.54, 1.807) is 0 Å². The molecule has 8 atom stereocenters. The first-order valence-electron chi connectivity index (χ1n) is 10.4. The van der Waals surface area contributed by atoms with Gasteiger partial charge >= 0.3 is 0 Å². The topological polar surface area (TPSA) is 68.2 Å². The van der Waals surface area contributed by atoms with E-state index in [0.717, 1.165) is 36.1 Å². The SMILES string of the molecule is C[C@]12CCC3[C@@H](CC[C@H]4C56N7ON5C76CC[C@]34C)[C@@H]1Cc1c2no[n+]1[O-]. The Labute approximate surface area is 151 Å². The fourth-order valence-corrected chi connectivity index (χ4v) is 9.08. The number of hydrogen-bond donors (Lipinski definition) is 0. The third-order valence-corrected chi connectivity index (χ3v) is 10.4. The van der Waals surface area contributed by atoms with E-state index in [9.17, 15) is 5.21 Å². The largest absolute Gasteiger partial charge is 0.359 e. The Morgan fingerprint density at radius 1 is 1.12 bits per heavy atom. The van der Waals surface area contributed by atoms with E-state index in [2.05, 4.69) is 29.1 Å². The smallest absolute Gasteiger partial charge is 0.227 e. The first kappa shape index (κ1) is 13.9. The van der Waals surface area contributed by atoms with Crippen molar-refractivity contribution in [3.63, 3.8) is 0 Å². The fraction of sp³-hybridized carbons (Fsp3) is 0.895. The van der Waals surface area contributed by atoms with Gasteiger partial charge in [0.05, 0.1) is 0 Å². The molecule has 1 aromatic heterocycles. The van der Waals surface area contributed by atoms with Crippen molar-refractivity contribution < 1.29 is 14.5 Å². The summed E-state index contributed by atoms with van der Waals surface area (Å²) in [6, 6.07) is 0. The van der Waals surface area contributed by atoms with Crippen LogP contribution in [0.4, 0.5) is 0 Å². The summed E-state index contributed by atoms with van der Waals surface area (Å²) in [6.45, 7) is 4.92. The molecule has 3 saturated carbocycles. The first-order chi connectivity index (χ1) is 12.5. The van der Waals surface area contributed by atoms with Crippen molar-refractivity contribution in [1.82, 2.24) is 15.3 Å². The van der Waals surface area contributed by atoms with Gasteiger partial charge in [0.2, 0.25) is 5.69 Å². The third-order valence-electron chi connectivity index (χ3n) is 10.4. The molecule has 4 saturated heterocycles. The van der Waals surface area contributed by atoms with Crippen molar-refractivity contribution in [2.75, 3.05) is 0 Å². The molecule has 7 fully saturated rings. The molecule has 2 spiro atoms. The average molecular weight is 356 g/mol. The molecule has 138 valence electrons. The Balaban J connectivity index is 1.19. The standard InChI is InChI=1S/C19H24N4O3/c1-16-7-8-18-19(22(18)26-23(18)19)14(16)4-3-10-11(16)5-6-17(2)12(10)9-13-15(17)20-25-21(13)24/h10-12,14H,3-9H2,1-2H3/t10-,11?,12+,14-,16-,17+,18?,19?,22?,23?/m1/s1. The number of rotatable bonds is 0. The lowest BCUT2D eigenvalue weighted by Crippen LogP contribution is -2.59.